The highest BCUT2D eigenvalue weighted by molar-refractivity contribution is 7.14. The number of rotatable bonds is 6. The summed E-state index contributed by atoms with van der Waals surface area (Å²) in [6.07, 6.45) is -1.58. The van der Waals surface area contributed by atoms with Crippen molar-refractivity contribution in [3.05, 3.63) is 47.1 Å². The third kappa shape index (κ3) is 4.59. The van der Waals surface area contributed by atoms with Gasteiger partial charge in [0, 0.05) is 11.6 Å². The van der Waals surface area contributed by atoms with Gasteiger partial charge in [0.2, 0.25) is 0 Å². The van der Waals surface area contributed by atoms with E-state index in [0.29, 0.717) is 28.9 Å². The second-order valence-corrected chi connectivity index (χ2v) is 7.14. The molecule has 0 aliphatic rings. The molecule has 0 spiro atoms. The maximum absolute atomic E-state index is 13.4. The summed E-state index contributed by atoms with van der Waals surface area (Å²) in [5.74, 6) is 0.474. The van der Waals surface area contributed by atoms with E-state index in [1.807, 2.05) is 6.92 Å². The first-order valence-electron chi connectivity index (χ1n) is 8.66. The van der Waals surface area contributed by atoms with E-state index in [9.17, 15) is 13.2 Å². The summed E-state index contributed by atoms with van der Waals surface area (Å²) < 4.78 is 45.4. The van der Waals surface area contributed by atoms with Gasteiger partial charge in [0.15, 0.2) is 5.13 Å². The fourth-order valence-corrected chi connectivity index (χ4v) is 3.29. The van der Waals surface area contributed by atoms with E-state index in [2.05, 4.69) is 20.3 Å². The van der Waals surface area contributed by atoms with Gasteiger partial charge >= 0.3 is 6.18 Å². The molecule has 0 unspecified atom stereocenters. The van der Waals surface area contributed by atoms with Crippen molar-refractivity contribution < 1.29 is 17.9 Å². The number of anilines is 2. The minimum absolute atomic E-state index is 0.0947. The number of nitrogens with zero attached hydrogens (tertiary/aromatic N) is 3. The van der Waals surface area contributed by atoms with Crippen LogP contribution in [-0.2, 0) is 6.18 Å². The van der Waals surface area contributed by atoms with Gasteiger partial charge in [0.05, 0.1) is 24.1 Å². The zero-order valence-corrected chi connectivity index (χ0v) is 16.4. The fourth-order valence-electron chi connectivity index (χ4n) is 2.58. The summed E-state index contributed by atoms with van der Waals surface area (Å²) in [4.78, 5) is 12.8. The first kappa shape index (κ1) is 20.1. The topological polar surface area (TPSA) is 59.9 Å². The number of hydrogen-bond acceptors (Lipinski definition) is 6. The van der Waals surface area contributed by atoms with Gasteiger partial charge in [0.25, 0.3) is 0 Å². The molecule has 0 aliphatic carbocycles. The number of ether oxygens (including phenoxy) is 1. The Morgan fingerprint density at radius 2 is 1.93 bits per heavy atom. The molecule has 0 aromatic carbocycles. The van der Waals surface area contributed by atoms with Crippen molar-refractivity contribution >= 4 is 22.3 Å². The minimum atomic E-state index is -4.45. The molecule has 28 heavy (non-hydrogen) atoms. The van der Waals surface area contributed by atoms with Gasteiger partial charge < -0.3 is 10.1 Å². The predicted octanol–water partition coefficient (Wildman–Crippen LogP) is 5.88. The minimum Gasteiger partial charge on any atom is -0.492 e. The Labute approximate surface area is 164 Å². The van der Waals surface area contributed by atoms with Crippen molar-refractivity contribution in [1.82, 2.24) is 15.0 Å². The van der Waals surface area contributed by atoms with Crippen LogP contribution in [0.25, 0.3) is 11.4 Å². The van der Waals surface area contributed by atoms with Crippen molar-refractivity contribution in [1.29, 1.82) is 0 Å². The first-order valence-corrected chi connectivity index (χ1v) is 9.54. The van der Waals surface area contributed by atoms with Crippen molar-refractivity contribution in [2.75, 3.05) is 11.9 Å². The molecule has 0 radical (unpaired) electrons. The van der Waals surface area contributed by atoms with Crippen molar-refractivity contribution in [2.45, 2.75) is 32.9 Å². The Morgan fingerprint density at radius 1 is 1.14 bits per heavy atom. The zero-order chi connectivity index (χ0) is 20.3. The highest BCUT2D eigenvalue weighted by atomic mass is 32.1. The molecular formula is C19H19F3N4OS. The molecule has 0 fully saturated rings. The van der Waals surface area contributed by atoms with Gasteiger partial charge in [0.1, 0.15) is 17.3 Å². The molecule has 0 saturated heterocycles. The molecule has 0 amide bonds. The first-order chi connectivity index (χ1) is 13.3. The normalized spacial score (nSPS) is 11.7. The van der Waals surface area contributed by atoms with E-state index in [-0.39, 0.29) is 17.3 Å². The van der Waals surface area contributed by atoms with Crippen LogP contribution in [0.3, 0.4) is 0 Å². The molecular weight excluding hydrogens is 389 g/mol. The summed E-state index contributed by atoms with van der Waals surface area (Å²) >= 11 is 1.26. The summed E-state index contributed by atoms with van der Waals surface area (Å²) in [6.45, 7) is 5.85. The number of nitrogens with one attached hydrogen (secondary N) is 1. The molecule has 3 aromatic heterocycles. The summed E-state index contributed by atoms with van der Waals surface area (Å²) in [7, 11) is 0. The molecule has 1 N–H and O–H groups in total. The van der Waals surface area contributed by atoms with Gasteiger partial charge in [-0.05, 0) is 36.6 Å². The molecule has 148 valence electrons. The fraction of sp³-hybridized carbons (Fsp3) is 0.316. The Balaban J connectivity index is 1.81. The van der Waals surface area contributed by atoms with Crippen LogP contribution in [0.15, 0.2) is 36.0 Å². The summed E-state index contributed by atoms with van der Waals surface area (Å²) in [5.41, 5.74) is 0.735. The molecule has 3 aromatic rings. The quantitative estimate of drug-likeness (QED) is 0.552. The Morgan fingerprint density at radius 3 is 2.54 bits per heavy atom. The number of alkyl halides is 3. The van der Waals surface area contributed by atoms with Gasteiger partial charge in [-0.1, -0.05) is 13.8 Å². The van der Waals surface area contributed by atoms with E-state index in [1.165, 1.54) is 17.5 Å². The van der Waals surface area contributed by atoms with Gasteiger partial charge in [-0.3, -0.25) is 4.98 Å². The Bertz CT molecular complexity index is 939. The van der Waals surface area contributed by atoms with Crippen molar-refractivity contribution in [3.8, 4) is 17.1 Å². The lowest BCUT2D eigenvalue weighted by Crippen LogP contribution is -2.11. The van der Waals surface area contributed by atoms with Crippen LogP contribution < -0.4 is 10.1 Å². The van der Waals surface area contributed by atoms with Gasteiger partial charge in [-0.15, -0.1) is 11.3 Å². The van der Waals surface area contributed by atoms with E-state index in [1.54, 1.807) is 37.6 Å². The molecule has 0 aliphatic heterocycles. The molecule has 3 heterocycles. The van der Waals surface area contributed by atoms with Gasteiger partial charge in [-0.25, -0.2) is 9.97 Å². The summed E-state index contributed by atoms with van der Waals surface area (Å²) in [6, 6.07) is 4.59. The van der Waals surface area contributed by atoms with Crippen LogP contribution in [-0.4, -0.2) is 21.6 Å². The predicted molar refractivity (Wildman–Crippen MR) is 103 cm³/mol. The molecule has 0 atom stereocenters. The third-order valence-corrected chi connectivity index (χ3v) is 4.67. The standard InChI is InChI=1S/C19H19F3N4OS/c1-4-27-12-5-6-15(23-8-12)16-10-28-18(25-16)26-17-7-14(19(20,21)22)13(9-24-17)11(2)3/h5-11H,4H2,1-3H3,(H,24,25,26). The van der Waals surface area contributed by atoms with Crippen LogP contribution in [0.1, 0.15) is 37.8 Å². The highest BCUT2D eigenvalue weighted by Gasteiger charge is 2.34. The highest BCUT2D eigenvalue weighted by Crippen LogP contribution is 2.36. The van der Waals surface area contributed by atoms with Crippen molar-refractivity contribution in [2.24, 2.45) is 0 Å². The number of pyridine rings is 2. The lowest BCUT2D eigenvalue weighted by molar-refractivity contribution is -0.138. The molecule has 0 bridgehead atoms. The maximum Gasteiger partial charge on any atom is 0.416 e. The Hall–Kier alpha value is -2.68. The monoisotopic (exact) mass is 408 g/mol. The SMILES string of the molecule is CCOc1ccc(-c2csc(Nc3cc(C(F)(F)F)c(C(C)C)cn3)n2)nc1. The van der Waals surface area contributed by atoms with E-state index >= 15 is 0 Å². The molecule has 0 saturated carbocycles. The van der Waals surface area contributed by atoms with E-state index in [4.69, 9.17) is 4.74 Å². The molecule has 5 nitrogen and oxygen atoms in total. The lowest BCUT2D eigenvalue weighted by atomic mass is 9.99. The maximum atomic E-state index is 13.4. The van der Waals surface area contributed by atoms with E-state index < -0.39 is 11.7 Å². The van der Waals surface area contributed by atoms with Crippen LogP contribution in [0.4, 0.5) is 24.1 Å². The average molecular weight is 408 g/mol. The van der Waals surface area contributed by atoms with Crippen LogP contribution >= 0.6 is 11.3 Å². The zero-order valence-electron chi connectivity index (χ0n) is 15.5. The van der Waals surface area contributed by atoms with Crippen LogP contribution in [0.5, 0.6) is 5.75 Å². The lowest BCUT2D eigenvalue weighted by Gasteiger charge is -2.16. The second kappa shape index (κ2) is 8.14. The van der Waals surface area contributed by atoms with Crippen molar-refractivity contribution in [3.63, 3.8) is 0 Å². The van der Waals surface area contributed by atoms with Gasteiger partial charge in [-0.2, -0.15) is 13.2 Å². The largest absolute Gasteiger partial charge is 0.492 e. The van der Waals surface area contributed by atoms with Crippen LogP contribution in [0.2, 0.25) is 0 Å². The summed E-state index contributed by atoms with van der Waals surface area (Å²) in [5, 5.41) is 5.06. The molecule has 3 rings (SSSR count). The van der Waals surface area contributed by atoms with E-state index in [0.717, 1.165) is 6.07 Å². The number of hydrogen-bond donors (Lipinski definition) is 1. The third-order valence-electron chi connectivity index (χ3n) is 3.91. The van der Waals surface area contributed by atoms with Crippen LogP contribution in [0, 0.1) is 0 Å². The number of aromatic nitrogens is 3. The average Bonchev–Trinajstić information content (AvgIpc) is 3.10. The number of thiazole rings is 1. The second-order valence-electron chi connectivity index (χ2n) is 6.28. The number of halogens is 3. The molecule has 9 heteroatoms. The Kier molecular flexibility index (Phi) is 5.83. The smallest absolute Gasteiger partial charge is 0.416 e.